The monoisotopic (exact) mass is 225 g/mol. The minimum Gasteiger partial charge on any atom is -0.420 e. The van der Waals surface area contributed by atoms with Gasteiger partial charge in [0.25, 0.3) is 0 Å². The SMILES string of the molecule is O=c1cnc2cc(Br)ccc2o1. The molecule has 1 aromatic heterocycles. The Labute approximate surface area is 76.2 Å². The molecule has 2 rings (SSSR count). The molecule has 0 amide bonds. The second-order valence-corrected chi connectivity index (χ2v) is 3.21. The summed E-state index contributed by atoms with van der Waals surface area (Å²) < 4.78 is 5.79. The van der Waals surface area contributed by atoms with Crippen LogP contribution in [0.25, 0.3) is 11.1 Å². The van der Waals surface area contributed by atoms with Gasteiger partial charge in [0.1, 0.15) is 11.7 Å². The van der Waals surface area contributed by atoms with E-state index in [1.165, 1.54) is 0 Å². The summed E-state index contributed by atoms with van der Waals surface area (Å²) in [4.78, 5) is 14.6. The van der Waals surface area contributed by atoms with Crippen molar-refractivity contribution in [2.45, 2.75) is 0 Å². The first-order valence-electron chi connectivity index (χ1n) is 3.31. The molecule has 0 bridgehead atoms. The maximum absolute atomic E-state index is 10.7. The maximum Gasteiger partial charge on any atom is 0.354 e. The Kier molecular flexibility index (Phi) is 1.69. The van der Waals surface area contributed by atoms with E-state index in [1.54, 1.807) is 18.2 Å². The molecule has 60 valence electrons. The van der Waals surface area contributed by atoms with Gasteiger partial charge in [0, 0.05) is 4.47 Å². The van der Waals surface area contributed by atoms with Crippen LogP contribution in [0.2, 0.25) is 0 Å². The normalized spacial score (nSPS) is 10.4. The van der Waals surface area contributed by atoms with Crippen LogP contribution in [0, 0.1) is 0 Å². The molecule has 3 nitrogen and oxygen atoms in total. The van der Waals surface area contributed by atoms with Crippen molar-refractivity contribution < 1.29 is 4.42 Å². The number of hydrogen-bond donors (Lipinski definition) is 0. The van der Waals surface area contributed by atoms with Gasteiger partial charge in [-0.2, -0.15) is 0 Å². The van der Waals surface area contributed by atoms with Crippen molar-refractivity contribution in [3.05, 3.63) is 39.3 Å². The lowest BCUT2D eigenvalue weighted by Gasteiger charge is -1.93. The first-order valence-corrected chi connectivity index (χ1v) is 4.10. The summed E-state index contributed by atoms with van der Waals surface area (Å²) in [6.45, 7) is 0. The van der Waals surface area contributed by atoms with Gasteiger partial charge in [-0.1, -0.05) is 15.9 Å². The number of fused-ring (bicyclic) bond motifs is 1. The highest BCUT2D eigenvalue weighted by Gasteiger charge is 1.97. The second kappa shape index (κ2) is 2.71. The predicted molar refractivity (Wildman–Crippen MR) is 48.0 cm³/mol. The van der Waals surface area contributed by atoms with Gasteiger partial charge in [-0.25, -0.2) is 9.78 Å². The molecule has 0 unspecified atom stereocenters. The third-order valence-corrected chi connectivity index (χ3v) is 1.93. The van der Waals surface area contributed by atoms with Crippen LogP contribution >= 0.6 is 15.9 Å². The molecule has 2 aromatic rings. The smallest absolute Gasteiger partial charge is 0.354 e. The molecule has 4 heteroatoms. The summed E-state index contributed by atoms with van der Waals surface area (Å²) >= 11 is 3.29. The van der Waals surface area contributed by atoms with Gasteiger partial charge in [-0.05, 0) is 18.2 Å². The van der Waals surface area contributed by atoms with Gasteiger partial charge >= 0.3 is 5.63 Å². The van der Waals surface area contributed by atoms with Gasteiger partial charge in [0.2, 0.25) is 0 Å². The van der Waals surface area contributed by atoms with E-state index in [4.69, 9.17) is 4.42 Å². The summed E-state index contributed by atoms with van der Waals surface area (Å²) in [5.74, 6) is 0. The standard InChI is InChI=1S/C8H4BrNO2/c9-5-1-2-7-6(3-5)10-4-8(11)12-7/h1-4H. The van der Waals surface area contributed by atoms with E-state index < -0.39 is 5.63 Å². The Balaban J connectivity index is 2.87. The fourth-order valence-corrected chi connectivity index (χ4v) is 1.28. The molecular formula is C8H4BrNO2. The molecule has 0 N–H and O–H groups in total. The van der Waals surface area contributed by atoms with E-state index in [9.17, 15) is 4.79 Å². The molecule has 1 heterocycles. The molecule has 0 saturated carbocycles. The zero-order chi connectivity index (χ0) is 8.55. The molecule has 0 spiro atoms. The van der Waals surface area contributed by atoms with Crippen LogP contribution in [-0.4, -0.2) is 4.98 Å². The first kappa shape index (κ1) is 7.49. The third-order valence-electron chi connectivity index (χ3n) is 1.44. The average Bonchev–Trinajstić information content (AvgIpc) is 2.05. The minimum atomic E-state index is -0.426. The molecule has 0 aliphatic carbocycles. The van der Waals surface area contributed by atoms with Crippen molar-refractivity contribution in [2.75, 3.05) is 0 Å². The Hall–Kier alpha value is -1.16. The lowest BCUT2D eigenvalue weighted by atomic mass is 10.3. The van der Waals surface area contributed by atoms with Crippen LogP contribution in [-0.2, 0) is 0 Å². The quantitative estimate of drug-likeness (QED) is 0.689. The number of aromatic nitrogens is 1. The lowest BCUT2D eigenvalue weighted by molar-refractivity contribution is 0.555. The fraction of sp³-hybridized carbons (Fsp3) is 0. The van der Waals surface area contributed by atoms with E-state index in [0.29, 0.717) is 11.1 Å². The van der Waals surface area contributed by atoms with Crippen molar-refractivity contribution in [2.24, 2.45) is 0 Å². The summed E-state index contributed by atoms with van der Waals surface area (Å²) in [6.07, 6.45) is 1.16. The number of halogens is 1. The topological polar surface area (TPSA) is 43.1 Å². The Morgan fingerprint density at radius 2 is 2.25 bits per heavy atom. The summed E-state index contributed by atoms with van der Waals surface area (Å²) in [6, 6.07) is 5.29. The van der Waals surface area contributed by atoms with E-state index >= 15 is 0 Å². The van der Waals surface area contributed by atoms with Gasteiger partial charge < -0.3 is 4.42 Å². The molecule has 0 fully saturated rings. The number of benzene rings is 1. The number of nitrogens with zero attached hydrogens (tertiary/aromatic N) is 1. The molecule has 0 radical (unpaired) electrons. The summed E-state index contributed by atoms with van der Waals surface area (Å²) in [5.41, 5.74) is 0.750. The highest BCUT2D eigenvalue weighted by molar-refractivity contribution is 9.10. The Bertz CT molecular complexity index is 478. The van der Waals surface area contributed by atoms with Crippen LogP contribution in [0.1, 0.15) is 0 Å². The molecule has 0 atom stereocenters. The maximum atomic E-state index is 10.7. The number of hydrogen-bond acceptors (Lipinski definition) is 3. The van der Waals surface area contributed by atoms with E-state index in [-0.39, 0.29) is 0 Å². The molecule has 0 aliphatic rings. The lowest BCUT2D eigenvalue weighted by Crippen LogP contribution is -1.97. The zero-order valence-electron chi connectivity index (χ0n) is 5.95. The zero-order valence-corrected chi connectivity index (χ0v) is 7.54. The van der Waals surface area contributed by atoms with Crippen molar-refractivity contribution in [3.63, 3.8) is 0 Å². The van der Waals surface area contributed by atoms with Gasteiger partial charge in [0.15, 0.2) is 5.58 Å². The predicted octanol–water partition coefficient (Wildman–Crippen LogP) is 1.95. The average molecular weight is 226 g/mol. The van der Waals surface area contributed by atoms with Crippen molar-refractivity contribution in [1.29, 1.82) is 0 Å². The van der Waals surface area contributed by atoms with Crippen LogP contribution in [0.4, 0.5) is 0 Å². The van der Waals surface area contributed by atoms with Crippen LogP contribution < -0.4 is 5.63 Å². The summed E-state index contributed by atoms with van der Waals surface area (Å²) in [7, 11) is 0. The Morgan fingerprint density at radius 1 is 1.42 bits per heavy atom. The first-order chi connectivity index (χ1) is 5.75. The van der Waals surface area contributed by atoms with Gasteiger partial charge in [-0.3, -0.25) is 0 Å². The van der Waals surface area contributed by atoms with Crippen LogP contribution in [0.3, 0.4) is 0 Å². The highest BCUT2D eigenvalue weighted by atomic mass is 79.9. The fourth-order valence-electron chi connectivity index (χ4n) is 0.935. The van der Waals surface area contributed by atoms with Crippen molar-refractivity contribution in [1.82, 2.24) is 4.98 Å². The highest BCUT2D eigenvalue weighted by Crippen LogP contribution is 2.15. The van der Waals surface area contributed by atoms with E-state index in [2.05, 4.69) is 20.9 Å². The third kappa shape index (κ3) is 1.25. The van der Waals surface area contributed by atoms with Gasteiger partial charge in [0.05, 0.1) is 0 Å². The Morgan fingerprint density at radius 3 is 3.08 bits per heavy atom. The van der Waals surface area contributed by atoms with Crippen LogP contribution in [0.5, 0.6) is 0 Å². The summed E-state index contributed by atoms with van der Waals surface area (Å²) in [5, 5.41) is 0. The second-order valence-electron chi connectivity index (χ2n) is 2.29. The van der Waals surface area contributed by atoms with Gasteiger partial charge in [-0.15, -0.1) is 0 Å². The number of rotatable bonds is 0. The molecule has 1 aromatic carbocycles. The van der Waals surface area contributed by atoms with Crippen molar-refractivity contribution in [3.8, 4) is 0 Å². The largest absolute Gasteiger partial charge is 0.420 e. The molecule has 0 aliphatic heterocycles. The van der Waals surface area contributed by atoms with Crippen molar-refractivity contribution >= 4 is 27.0 Å². The molecular weight excluding hydrogens is 222 g/mol. The molecule has 12 heavy (non-hydrogen) atoms. The van der Waals surface area contributed by atoms with E-state index in [0.717, 1.165) is 10.7 Å². The minimum absolute atomic E-state index is 0.426. The van der Waals surface area contributed by atoms with E-state index in [1.807, 2.05) is 0 Å². The van der Waals surface area contributed by atoms with Crippen LogP contribution in [0.15, 0.2) is 38.1 Å². The molecule has 0 saturated heterocycles.